The van der Waals surface area contributed by atoms with Crippen LogP contribution in [-0.2, 0) is 0 Å². The summed E-state index contributed by atoms with van der Waals surface area (Å²) in [4.78, 5) is 15.5. The fourth-order valence-electron chi connectivity index (χ4n) is 8.30. The zero-order chi connectivity index (χ0) is 37.7. The molecule has 0 N–H and O–H groups in total. The highest BCUT2D eigenvalue weighted by molar-refractivity contribution is 6.28. The Bertz CT molecular complexity index is 3190. The van der Waals surface area contributed by atoms with E-state index >= 15 is 0 Å². The molecule has 0 fully saturated rings. The summed E-state index contributed by atoms with van der Waals surface area (Å²) in [5.74, 6) is 0.709. The molecule has 0 spiro atoms. The average molecular weight is 727 g/mol. The van der Waals surface area contributed by atoms with E-state index < -0.39 is 0 Å². The second kappa shape index (κ2) is 13.6. The van der Waals surface area contributed by atoms with Crippen LogP contribution < -0.4 is 0 Å². The van der Waals surface area contributed by atoms with Gasteiger partial charge < -0.3 is 4.57 Å². The number of benzene rings is 8. The van der Waals surface area contributed by atoms with Crippen LogP contribution in [0.1, 0.15) is 0 Å². The van der Waals surface area contributed by atoms with Gasteiger partial charge >= 0.3 is 0 Å². The molecule has 11 aromatic rings. The molecule has 57 heavy (non-hydrogen) atoms. The predicted molar refractivity (Wildman–Crippen MR) is 236 cm³/mol. The van der Waals surface area contributed by atoms with Crippen molar-refractivity contribution >= 4 is 43.5 Å². The van der Waals surface area contributed by atoms with E-state index in [2.05, 4.69) is 174 Å². The summed E-state index contributed by atoms with van der Waals surface area (Å²) >= 11 is 0. The topological polar surface area (TPSA) is 43.6 Å². The van der Waals surface area contributed by atoms with E-state index in [1.807, 2.05) is 36.4 Å². The van der Waals surface area contributed by atoms with Crippen LogP contribution >= 0.6 is 0 Å². The number of hydrogen-bond donors (Lipinski definition) is 0. The number of fused-ring (bicyclic) bond motifs is 7. The number of pyridine rings is 1. The maximum Gasteiger partial charge on any atom is 0.160 e. The van der Waals surface area contributed by atoms with E-state index in [1.54, 1.807) is 0 Å². The van der Waals surface area contributed by atoms with Crippen molar-refractivity contribution in [3.63, 3.8) is 0 Å². The van der Waals surface area contributed by atoms with Gasteiger partial charge in [-0.3, -0.25) is 0 Å². The third-order valence-electron chi connectivity index (χ3n) is 11.0. The summed E-state index contributed by atoms with van der Waals surface area (Å²) in [7, 11) is 0. The van der Waals surface area contributed by atoms with Crippen LogP contribution in [0.2, 0.25) is 0 Å². The molecule has 8 aromatic carbocycles. The van der Waals surface area contributed by atoms with Gasteiger partial charge in [-0.1, -0.05) is 164 Å². The lowest BCUT2D eigenvalue weighted by atomic mass is 9.94. The van der Waals surface area contributed by atoms with Crippen LogP contribution in [0.3, 0.4) is 0 Å². The minimum atomic E-state index is 0.709. The summed E-state index contributed by atoms with van der Waals surface area (Å²) in [6.07, 6.45) is 0. The van der Waals surface area contributed by atoms with Gasteiger partial charge in [-0.15, -0.1) is 0 Å². The first-order chi connectivity index (χ1) is 28.3. The fourth-order valence-corrected chi connectivity index (χ4v) is 8.30. The van der Waals surface area contributed by atoms with Gasteiger partial charge in [0.25, 0.3) is 0 Å². The smallest absolute Gasteiger partial charge is 0.160 e. The third-order valence-corrected chi connectivity index (χ3v) is 11.0. The molecular formula is C53H34N4. The maximum absolute atomic E-state index is 5.44. The number of aromatic nitrogens is 4. The largest absolute Gasteiger partial charge is 0.309 e. The number of rotatable bonds is 6. The van der Waals surface area contributed by atoms with Crippen molar-refractivity contribution in [3.05, 3.63) is 206 Å². The summed E-state index contributed by atoms with van der Waals surface area (Å²) in [6.45, 7) is 0. The second-order valence-electron chi connectivity index (χ2n) is 14.4. The average Bonchev–Trinajstić information content (AvgIpc) is 3.64. The highest BCUT2D eigenvalue weighted by Gasteiger charge is 2.20. The van der Waals surface area contributed by atoms with Crippen LogP contribution in [0.25, 0.3) is 105 Å². The zero-order valence-electron chi connectivity index (χ0n) is 30.9. The normalized spacial score (nSPS) is 11.5. The molecule has 3 aromatic heterocycles. The summed E-state index contributed by atoms with van der Waals surface area (Å²) in [5.41, 5.74) is 13.7. The quantitative estimate of drug-likeness (QED) is 0.160. The predicted octanol–water partition coefficient (Wildman–Crippen LogP) is 13.6. The van der Waals surface area contributed by atoms with Gasteiger partial charge in [-0.25, -0.2) is 15.0 Å². The molecule has 0 amide bonds. The van der Waals surface area contributed by atoms with Crippen molar-refractivity contribution in [1.29, 1.82) is 0 Å². The molecule has 0 radical (unpaired) electrons. The van der Waals surface area contributed by atoms with Crippen molar-refractivity contribution in [3.8, 4) is 62.0 Å². The number of hydrogen-bond acceptors (Lipinski definition) is 3. The van der Waals surface area contributed by atoms with E-state index in [-0.39, 0.29) is 0 Å². The van der Waals surface area contributed by atoms with E-state index in [0.29, 0.717) is 5.82 Å². The van der Waals surface area contributed by atoms with Crippen molar-refractivity contribution in [2.45, 2.75) is 0 Å². The lowest BCUT2D eigenvalue weighted by molar-refractivity contribution is 1.18. The van der Waals surface area contributed by atoms with Crippen LogP contribution in [0.5, 0.6) is 0 Å². The van der Waals surface area contributed by atoms with Gasteiger partial charge in [0.2, 0.25) is 0 Å². The Balaban J connectivity index is 1.08. The van der Waals surface area contributed by atoms with Gasteiger partial charge in [0.1, 0.15) is 0 Å². The first kappa shape index (κ1) is 32.7. The molecule has 0 atom stereocenters. The van der Waals surface area contributed by atoms with Gasteiger partial charge in [0, 0.05) is 49.5 Å². The van der Waals surface area contributed by atoms with Crippen molar-refractivity contribution in [1.82, 2.24) is 19.5 Å². The second-order valence-corrected chi connectivity index (χ2v) is 14.4. The lowest BCUT2D eigenvalue weighted by Crippen LogP contribution is -1.96. The Morgan fingerprint density at radius 2 is 0.877 bits per heavy atom. The molecule has 0 saturated carbocycles. The molecular weight excluding hydrogens is 693 g/mol. The Kier molecular flexibility index (Phi) is 7.78. The molecule has 11 rings (SSSR count). The van der Waals surface area contributed by atoms with E-state index in [9.17, 15) is 0 Å². The molecule has 0 saturated heterocycles. The highest BCUT2D eigenvalue weighted by atomic mass is 15.0. The molecule has 0 aliphatic carbocycles. The maximum atomic E-state index is 5.44. The molecule has 0 aliphatic rings. The van der Waals surface area contributed by atoms with Crippen molar-refractivity contribution in [2.24, 2.45) is 0 Å². The molecule has 4 nitrogen and oxygen atoms in total. The lowest BCUT2D eigenvalue weighted by Gasteiger charge is -2.14. The van der Waals surface area contributed by atoms with Crippen LogP contribution in [0.15, 0.2) is 206 Å². The summed E-state index contributed by atoms with van der Waals surface area (Å²) in [6, 6.07) is 72.5. The Hall–Kier alpha value is -7.69. The van der Waals surface area contributed by atoms with Gasteiger partial charge in [0.15, 0.2) is 5.82 Å². The van der Waals surface area contributed by atoms with Crippen LogP contribution in [0.4, 0.5) is 0 Å². The Labute approximate surface area is 330 Å². The molecule has 4 heteroatoms. The van der Waals surface area contributed by atoms with Crippen LogP contribution in [0, 0.1) is 0 Å². The standard InChI is InChI=1S/C53H34N4/c1-5-15-36(16-6-1)46-34-47(56-53(55-46)39-19-9-3-10-20-39)37-27-25-35(26-28-37)40-29-31-45-44(33-40)42-30-32-49-50(51(42)52(54-45)38-17-7-2-8-18-38)43-23-13-14-24-48(43)57(49)41-21-11-4-12-22-41/h1-34H. The monoisotopic (exact) mass is 726 g/mol. The number of nitrogens with zero attached hydrogens (tertiary/aromatic N) is 4. The molecule has 3 heterocycles. The first-order valence-corrected chi connectivity index (χ1v) is 19.3. The van der Waals surface area contributed by atoms with E-state index in [1.165, 1.54) is 21.7 Å². The third kappa shape index (κ3) is 5.66. The minimum absolute atomic E-state index is 0.709. The van der Waals surface area contributed by atoms with Gasteiger partial charge in [0.05, 0.1) is 33.6 Å². The minimum Gasteiger partial charge on any atom is -0.309 e. The van der Waals surface area contributed by atoms with Crippen molar-refractivity contribution < 1.29 is 0 Å². The SMILES string of the molecule is c1ccc(-c2cc(-c3ccc(-c4ccc5nc(-c6ccccc6)c6c(ccc7c6c6ccccc6n7-c6ccccc6)c5c4)cc3)nc(-c3ccccc3)n2)cc1. The van der Waals surface area contributed by atoms with E-state index in [4.69, 9.17) is 15.0 Å². The van der Waals surface area contributed by atoms with Gasteiger partial charge in [-0.05, 0) is 59.0 Å². The molecule has 0 aliphatic heterocycles. The molecule has 0 bridgehead atoms. The fraction of sp³-hybridized carbons (Fsp3) is 0. The van der Waals surface area contributed by atoms with Gasteiger partial charge in [-0.2, -0.15) is 0 Å². The summed E-state index contributed by atoms with van der Waals surface area (Å²) in [5, 5.41) is 5.90. The highest BCUT2D eigenvalue weighted by Crippen LogP contribution is 2.43. The summed E-state index contributed by atoms with van der Waals surface area (Å²) < 4.78 is 2.38. The Morgan fingerprint density at radius 3 is 1.58 bits per heavy atom. The van der Waals surface area contributed by atoms with E-state index in [0.717, 1.165) is 78.0 Å². The first-order valence-electron chi connectivity index (χ1n) is 19.3. The zero-order valence-corrected chi connectivity index (χ0v) is 30.9. The number of para-hydroxylation sites is 2. The van der Waals surface area contributed by atoms with Crippen molar-refractivity contribution in [2.75, 3.05) is 0 Å². The Morgan fingerprint density at radius 1 is 0.316 bits per heavy atom. The molecule has 0 unspecified atom stereocenters. The van der Waals surface area contributed by atoms with Crippen LogP contribution in [-0.4, -0.2) is 19.5 Å². The molecule has 266 valence electrons.